The lowest BCUT2D eigenvalue weighted by atomic mass is 10.1. The van der Waals surface area contributed by atoms with Crippen molar-refractivity contribution in [2.45, 2.75) is 19.4 Å². The zero-order valence-corrected chi connectivity index (χ0v) is 16.1. The number of hydrogen-bond acceptors (Lipinski definition) is 4. The average molecular weight is 396 g/mol. The van der Waals surface area contributed by atoms with Gasteiger partial charge in [-0.05, 0) is 43.3 Å². The summed E-state index contributed by atoms with van der Waals surface area (Å²) in [5.74, 6) is -1.50. The summed E-state index contributed by atoms with van der Waals surface area (Å²) in [5.41, 5.74) is 6.81. The van der Waals surface area contributed by atoms with Crippen molar-refractivity contribution in [3.8, 4) is 0 Å². The molecular formula is C20H20N4O3S. The number of hydrogen-bond donors (Lipinski definition) is 3. The molecule has 0 saturated carbocycles. The summed E-state index contributed by atoms with van der Waals surface area (Å²) in [6.07, 6.45) is 0.780. The Morgan fingerprint density at radius 1 is 0.964 bits per heavy atom. The highest BCUT2D eigenvalue weighted by Gasteiger charge is 2.40. The molecule has 0 fully saturated rings. The molecule has 8 heteroatoms. The van der Waals surface area contributed by atoms with E-state index in [0.29, 0.717) is 17.7 Å². The first kappa shape index (κ1) is 19.5. The molecule has 0 spiro atoms. The zero-order valence-electron chi connectivity index (χ0n) is 15.3. The molecule has 0 saturated heterocycles. The van der Waals surface area contributed by atoms with Gasteiger partial charge in [0.25, 0.3) is 17.7 Å². The SMILES string of the molecule is CC(C(=O)NNC(=S)NCCc1ccccc1)N1C(=O)c2ccccc2C1=O. The van der Waals surface area contributed by atoms with Crippen molar-refractivity contribution in [1.82, 2.24) is 21.1 Å². The fourth-order valence-electron chi connectivity index (χ4n) is 2.91. The first-order valence-corrected chi connectivity index (χ1v) is 9.24. The van der Waals surface area contributed by atoms with E-state index < -0.39 is 23.8 Å². The summed E-state index contributed by atoms with van der Waals surface area (Å²) >= 11 is 5.13. The van der Waals surface area contributed by atoms with Crippen molar-refractivity contribution >= 4 is 35.1 Å². The average Bonchev–Trinajstić information content (AvgIpc) is 2.97. The maximum absolute atomic E-state index is 12.4. The monoisotopic (exact) mass is 396 g/mol. The smallest absolute Gasteiger partial charge is 0.262 e. The van der Waals surface area contributed by atoms with E-state index in [1.165, 1.54) is 12.5 Å². The van der Waals surface area contributed by atoms with Gasteiger partial charge in [-0.15, -0.1) is 0 Å². The minimum absolute atomic E-state index is 0.249. The van der Waals surface area contributed by atoms with Crippen LogP contribution in [0.1, 0.15) is 33.2 Å². The van der Waals surface area contributed by atoms with E-state index in [0.717, 1.165) is 11.3 Å². The Morgan fingerprint density at radius 3 is 2.14 bits per heavy atom. The molecule has 2 aromatic rings. The maximum atomic E-state index is 12.4. The van der Waals surface area contributed by atoms with Crippen LogP contribution in [-0.2, 0) is 11.2 Å². The van der Waals surface area contributed by atoms with Gasteiger partial charge in [0, 0.05) is 6.54 Å². The van der Waals surface area contributed by atoms with E-state index in [9.17, 15) is 14.4 Å². The molecule has 1 unspecified atom stereocenters. The molecule has 0 aliphatic carbocycles. The highest BCUT2D eigenvalue weighted by Crippen LogP contribution is 2.24. The number of imide groups is 1. The van der Waals surface area contributed by atoms with Crippen molar-refractivity contribution in [1.29, 1.82) is 0 Å². The van der Waals surface area contributed by atoms with Gasteiger partial charge in [-0.3, -0.25) is 30.1 Å². The Labute approximate surface area is 168 Å². The van der Waals surface area contributed by atoms with Gasteiger partial charge in [-0.2, -0.15) is 0 Å². The lowest BCUT2D eigenvalue weighted by molar-refractivity contribution is -0.125. The number of amides is 3. The molecule has 3 amide bonds. The lowest BCUT2D eigenvalue weighted by Crippen LogP contribution is -2.54. The van der Waals surface area contributed by atoms with Crippen LogP contribution in [0.25, 0.3) is 0 Å². The largest absolute Gasteiger partial charge is 0.361 e. The van der Waals surface area contributed by atoms with Gasteiger partial charge >= 0.3 is 0 Å². The predicted octanol–water partition coefficient (Wildman–Crippen LogP) is 1.41. The Morgan fingerprint density at radius 2 is 1.54 bits per heavy atom. The van der Waals surface area contributed by atoms with Gasteiger partial charge in [0.15, 0.2) is 5.11 Å². The Balaban J connectivity index is 1.48. The van der Waals surface area contributed by atoms with E-state index in [4.69, 9.17) is 12.2 Å². The van der Waals surface area contributed by atoms with Gasteiger partial charge in [-0.25, -0.2) is 0 Å². The number of rotatable bonds is 5. The summed E-state index contributed by atoms with van der Waals surface area (Å²) in [7, 11) is 0. The van der Waals surface area contributed by atoms with Crippen molar-refractivity contribution in [3.05, 3.63) is 71.3 Å². The van der Waals surface area contributed by atoms with Crippen molar-refractivity contribution in [2.24, 2.45) is 0 Å². The highest BCUT2D eigenvalue weighted by molar-refractivity contribution is 7.80. The normalized spacial score (nSPS) is 13.7. The van der Waals surface area contributed by atoms with Gasteiger partial charge in [0.2, 0.25) is 0 Å². The number of carbonyl (C=O) groups is 3. The van der Waals surface area contributed by atoms with Crippen LogP contribution >= 0.6 is 12.2 Å². The second-order valence-corrected chi connectivity index (χ2v) is 6.72. The van der Waals surface area contributed by atoms with E-state index >= 15 is 0 Å². The number of benzene rings is 2. The van der Waals surface area contributed by atoms with Crippen molar-refractivity contribution in [3.63, 3.8) is 0 Å². The summed E-state index contributed by atoms with van der Waals surface area (Å²) in [6.45, 7) is 2.09. The number of nitrogens with zero attached hydrogens (tertiary/aromatic N) is 1. The minimum atomic E-state index is -0.980. The zero-order chi connectivity index (χ0) is 20.1. The second-order valence-electron chi connectivity index (χ2n) is 6.31. The van der Waals surface area contributed by atoms with Crippen LogP contribution in [0.3, 0.4) is 0 Å². The van der Waals surface area contributed by atoms with Gasteiger partial charge < -0.3 is 5.32 Å². The quantitative estimate of drug-likeness (QED) is 0.402. The van der Waals surface area contributed by atoms with Gasteiger partial charge in [0.1, 0.15) is 6.04 Å². The Bertz CT molecular complexity index is 882. The van der Waals surface area contributed by atoms with Crippen LogP contribution in [0.4, 0.5) is 0 Å². The van der Waals surface area contributed by atoms with Gasteiger partial charge in [-0.1, -0.05) is 42.5 Å². The molecule has 2 aromatic carbocycles. The fourth-order valence-corrected chi connectivity index (χ4v) is 3.06. The molecular weight excluding hydrogens is 376 g/mol. The highest BCUT2D eigenvalue weighted by atomic mass is 32.1. The van der Waals surface area contributed by atoms with Crippen LogP contribution in [0, 0.1) is 0 Å². The standard InChI is InChI=1S/C20H20N4O3S/c1-13(24-18(26)15-9-5-6-10-16(15)19(24)27)17(25)22-23-20(28)21-12-11-14-7-3-2-4-8-14/h2-10,13H,11-12H2,1H3,(H,22,25)(H2,21,23,28). The fraction of sp³-hybridized carbons (Fsp3) is 0.200. The van der Waals surface area contributed by atoms with E-state index in [1.807, 2.05) is 30.3 Å². The van der Waals surface area contributed by atoms with Crippen LogP contribution in [-0.4, -0.2) is 40.3 Å². The summed E-state index contributed by atoms with van der Waals surface area (Å²) in [4.78, 5) is 38.2. The number of fused-ring (bicyclic) bond motifs is 1. The number of hydrazine groups is 1. The minimum Gasteiger partial charge on any atom is -0.361 e. The van der Waals surface area contributed by atoms with Crippen LogP contribution in [0.15, 0.2) is 54.6 Å². The van der Waals surface area contributed by atoms with Crippen LogP contribution in [0.2, 0.25) is 0 Å². The third-order valence-electron chi connectivity index (χ3n) is 4.43. The predicted molar refractivity (Wildman–Crippen MR) is 108 cm³/mol. The molecule has 144 valence electrons. The molecule has 1 aliphatic rings. The molecule has 0 radical (unpaired) electrons. The van der Waals surface area contributed by atoms with Crippen LogP contribution in [0.5, 0.6) is 0 Å². The number of carbonyl (C=O) groups excluding carboxylic acids is 3. The Hall–Kier alpha value is -3.26. The molecule has 3 N–H and O–H groups in total. The molecule has 7 nitrogen and oxygen atoms in total. The molecule has 3 rings (SSSR count). The number of thiocarbonyl (C=S) groups is 1. The van der Waals surface area contributed by atoms with E-state index in [2.05, 4.69) is 16.2 Å². The maximum Gasteiger partial charge on any atom is 0.262 e. The van der Waals surface area contributed by atoms with Crippen molar-refractivity contribution < 1.29 is 14.4 Å². The summed E-state index contributed by atoms with van der Waals surface area (Å²) in [5, 5.41) is 3.23. The Kier molecular flexibility index (Phi) is 6.00. The number of nitrogens with one attached hydrogen (secondary N) is 3. The molecule has 28 heavy (non-hydrogen) atoms. The van der Waals surface area contributed by atoms with Crippen LogP contribution < -0.4 is 16.2 Å². The molecule has 1 aliphatic heterocycles. The topological polar surface area (TPSA) is 90.5 Å². The van der Waals surface area contributed by atoms with Gasteiger partial charge in [0.05, 0.1) is 11.1 Å². The molecule has 1 atom stereocenters. The van der Waals surface area contributed by atoms with E-state index in [1.54, 1.807) is 24.3 Å². The molecule has 0 bridgehead atoms. The third kappa shape index (κ3) is 4.17. The summed E-state index contributed by atoms with van der Waals surface area (Å²) < 4.78 is 0. The van der Waals surface area contributed by atoms with E-state index in [-0.39, 0.29) is 5.11 Å². The molecule has 0 aromatic heterocycles. The first-order chi connectivity index (χ1) is 13.5. The summed E-state index contributed by atoms with van der Waals surface area (Å²) in [6, 6.07) is 15.4. The molecule has 1 heterocycles. The second kappa shape index (κ2) is 8.62. The lowest BCUT2D eigenvalue weighted by Gasteiger charge is -2.22. The first-order valence-electron chi connectivity index (χ1n) is 8.83. The third-order valence-corrected chi connectivity index (χ3v) is 4.68. The van der Waals surface area contributed by atoms with Crippen molar-refractivity contribution in [2.75, 3.05) is 6.54 Å².